The summed E-state index contributed by atoms with van der Waals surface area (Å²) in [5.41, 5.74) is 0.546. The topological polar surface area (TPSA) is 114 Å². The van der Waals surface area contributed by atoms with Crippen LogP contribution in [0.2, 0.25) is 0 Å². The van der Waals surface area contributed by atoms with Gasteiger partial charge >= 0.3 is 0 Å². The third kappa shape index (κ3) is 5.45. The van der Waals surface area contributed by atoms with Crippen molar-refractivity contribution in [3.63, 3.8) is 0 Å². The lowest BCUT2D eigenvalue weighted by Crippen LogP contribution is -2.40. The van der Waals surface area contributed by atoms with E-state index in [1.807, 2.05) is 0 Å². The van der Waals surface area contributed by atoms with Crippen LogP contribution in [0, 0.1) is 0 Å². The number of amides is 1. The molecule has 1 aliphatic heterocycles. The number of hydrogen-bond acceptors (Lipinski definition) is 9. The number of benzene rings is 1. The van der Waals surface area contributed by atoms with Gasteiger partial charge in [0.2, 0.25) is 21.1 Å². The smallest absolute Gasteiger partial charge is 0.243 e. The zero-order valence-electron chi connectivity index (χ0n) is 15.5. The molecule has 2 aromatic rings. The predicted molar refractivity (Wildman–Crippen MR) is 112 cm³/mol. The van der Waals surface area contributed by atoms with Crippen molar-refractivity contribution in [2.45, 2.75) is 28.1 Å². The number of hydrogen-bond donors (Lipinski definition) is 2. The molecule has 1 amide bonds. The minimum Gasteiger partial charge on any atom is -0.379 e. The van der Waals surface area contributed by atoms with Gasteiger partial charge in [0.25, 0.3) is 0 Å². The standard InChI is InChI=1S/C17H21N5O4S3/c23-15(11-27-17-21-20-16(28-17)19-13-1-2-13)18-12-3-5-14(6-4-12)29(24,25)22-7-9-26-10-8-22/h3-6,13H,1-2,7-11H2,(H,18,23)(H,19,20). The van der Waals surface area contributed by atoms with Gasteiger partial charge in [-0.2, -0.15) is 4.31 Å². The molecule has 1 aromatic carbocycles. The maximum Gasteiger partial charge on any atom is 0.243 e. The van der Waals surface area contributed by atoms with E-state index < -0.39 is 10.0 Å². The molecule has 0 bridgehead atoms. The van der Waals surface area contributed by atoms with Gasteiger partial charge in [0.1, 0.15) is 0 Å². The summed E-state index contributed by atoms with van der Waals surface area (Å²) in [5.74, 6) is 0.0111. The number of carbonyl (C=O) groups is 1. The zero-order chi connectivity index (χ0) is 20.3. The molecule has 0 spiro atoms. The average Bonchev–Trinajstić information content (AvgIpc) is 3.43. The summed E-state index contributed by atoms with van der Waals surface area (Å²) in [4.78, 5) is 12.4. The number of morpholine rings is 1. The Morgan fingerprint density at radius 2 is 1.93 bits per heavy atom. The van der Waals surface area contributed by atoms with E-state index in [9.17, 15) is 13.2 Å². The lowest BCUT2D eigenvalue weighted by Gasteiger charge is -2.26. The van der Waals surface area contributed by atoms with Crippen LogP contribution >= 0.6 is 23.1 Å². The molecule has 2 N–H and O–H groups in total. The van der Waals surface area contributed by atoms with Gasteiger partial charge in [0.15, 0.2) is 4.34 Å². The fraction of sp³-hybridized carbons (Fsp3) is 0.471. The number of thioether (sulfide) groups is 1. The van der Waals surface area contributed by atoms with Crippen molar-refractivity contribution in [1.29, 1.82) is 0 Å². The molecule has 2 heterocycles. The fourth-order valence-corrected chi connectivity index (χ4v) is 5.74. The van der Waals surface area contributed by atoms with Crippen LogP contribution in [0.4, 0.5) is 10.8 Å². The van der Waals surface area contributed by atoms with E-state index in [4.69, 9.17) is 4.74 Å². The second kappa shape index (κ2) is 8.96. The molecule has 2 fully saturated rings. The van der Waals surface area contributed by atoms with Gasteiger partial charge in [-0.15, -0.1) is 10.2 Å². The van der Waals surface area contributed by atoms with Crippen molar-refractivity contribution in [2.24, 2.45) is 0 Å². The largest absolute Gasteiger partial charge is 0.379 e. The molecule has 2 aliphatic rings. The molecule has 12 heteroatoms. The Morgan fingerprint density at radius 1 is 1.21 bits per heavy atom. The number of anilines is 2. The van der Waals surface area contributed by atoms with Crippen LogP contribution < -0.4 is 10.6 Å². The summed E-state index contributed by atoms with van der Waals surface area (Å²) in [7, 11) is -3.54. The van der Waals surface area contributed by atoms with Gasteiger partial charge in [-0.1, -0.05) is 23.1 Å². The highest BCUT2D eigenvalue weighted by molar-refractivity contribution is 8.01. The number of rotatable bonds is 8. The summed E-state index contributed by atoms with van der Waals surface area (Å²) in [6.07, 6.45) is 2.33. The van der Waals surface area contributed by atoms with Gasteiger partial charge in [-0.05, 0) is 37.1 Å². The second-order valence-corrected chi connectivity index (χ2v) is 10.8. The van der Waals surface area contributed by atoms with Crippen molar-refractivity contribution >= 4 is 49.8 Å². The van der Waals surface area contributed by atoms with Gasteiger partial charge in [-0.3, -0.25) is 4.79 Å². The maximum atomic E-state index is 12.6. The minimum atomic E-state index is -3.54. The third-order valence-corrected chi connectivity index (χ3v) is 8.28. The van der Waals surface area contributed by atoms with Crippen LogP contribution in [-0.2, 0) is 19.6 Å². The molecule has 156 valence electrons. The van der Waals surface area contributed by atoms with Crippen LogP contribution in [-0.4, -0.2) is 66.9 Å². The van der Waals surface area contributed by atoms with Crippen molar-refractivity contribution in [3.05, 3.63) is 24.3 Å². The molecule has 29 heavy (non-hydrogen) atoms. The molecule has 9 nitrogen and oxygen atoms in total. The van der Waals surface area contributed by atoms with E-state index in [0.29, 0.717) is 38.0 Å². The molecule has 1 aliphatic carbocycles. The number of nitrogens with zero attached hydrogens (tertiary/aromatic N) is 3. The Hall–Kier alpha value is -1.73. The lowest BCUT2D eigenvalue weighted by molar-refractivity contribution is -0.113. The molecular weight excluding hydrogens is 434 g/mol. The summed E-state index contributed by atoms with van der Waals surface area (Å²) < 4.78 is 32.6. The quantitative estimate of drug-likeness (QED) is 0.580. The summed E-state index contributed by atoms with van der Waals surface area (Å²) in [5, 5.41) is 15.0. The highest BCUT2D eigenvalue weighted by atomic mass is 32.2. The molecule has 1 saturated heterocycles. The fourth-order valence-electron chi connectivity index (χ4n) is 2.70. The van der Waals surface area contributed by atoms with E-state index in [1.54, 1.807) is 12.1 Å². The predicted octanol–water partition coefficient (Wildman–Crippen LogP) is 1.86. The SMILES string of the molecule is O=C(CSc1nnc(NC2CC2)s1)Nc1ccc(S(=O)(=O)N2CCOCC2)cc1. The Kier molecular flexibility index (Phi) is 6.35. The summed E-state index contributed by atoms with van der Waals surface area (Å²) in [6.45, 7) is 1.50. The summed E-state index contributed by atoms with van der Waals surface area (Å²) >= 11 is 2.76. The number of carbonyl (C=O) groups excluding carboxylic acids is 1. The highest BCUT2D eigenvalue weighted by Crippen LogP contribution is 2.30. The second-order valence-electron chi connectivity index (χ2n) is 6.67. The number of nitrogens with one attached hydrogen (secondary N) is 2. The minimum absolute atomic E-state index is 0.189. The van der Waals surface area contributed by atoms with Gasteiger partial charge in [-0.25, -0.2) is 8.42 Å². The number of sulfonamides is 1. The Morgan fingerprint density at radius 3 is 2.62 bits per heavy atom. The lowest BCUT2D eigenvalue weighted by atomic mass is 10.3. The Bertz CT molecular complexity index is 954. The molecule has 0 atom stereocenters. The number of aromatic nitrogens is 2. The zero-order valence-corrected chi connectivity index (χ0v) is 18.0. The number of ether oxygens (including phenoxy) is 1. The highest BCUT2D eigenvalue weighted by Gasteiger charge is 2.26. The van der Waals surface area contributed by atoms with E-state index in [2.05, 4.69) is 20.8 Å². The first-order valence-electron chi connectivity index (χ1n) is 9.21. The average molecular weight is 456 g/mol. The van der Waals surface area contributed by atoms with Gasteiger partial charge < -0.3 is 15.4 Å². The molecule has 0 radical (unpaired) electrons. The van der Waals surface area contributed by atoms with Crippen LogP contribution in [0.1, 0.15) is 12.8 Å². The third-order valence-electron chi connectivity index (χ3n) is 4.38. The normalized spacial score (nSPS) is 17.8. The van der Waals surface area contributed by atoms with Crippen LogP contribution in [0.3, 0.4) is 0 Å². The first kappa shape index (κ1) is 20.5. The van der Waals surface area contributed by atoms with Crippen LogP contribution in [0.15, 0.2) is 33.5 Å². The molecule has 0 unspecified atom stereocenters. The van der Waals surface area contributed by atoms with Gasteiger partial charge in [0.05, 0.1) is 23.9 Å². The molecule has 1 aromatic heterocycles. The Balaban J connectivity index is 1.28. The van der Waals surface area contributed by atoms with Crippen molar-refractivity contribution in [3.8, 4) is 0 Å². The van der Waals surface area contributed by atoms with Crippen molar-refractivity contribution in [1.82, 2.24) is 14.5 Å². The van der Waals surface area contributed by atoms with Crippen LogP contribution in [0.5, 0.6) is 0 Å². The van der Waals surface area contributed by atoms with E-state index >= 15 is 0 Å². The Labute approximate surface area is 177 Å². The van der Waals surface area contributed by atoms with Crippen molar-refractivity contribution < 1.29 is 17.9 Å². The monoisotopic (exact) mass is 455 g/mol. The van der Waals surface area contributed by atoms with Gasteiger partial charge in [0, 0.05) is 24.8 Å². The van der Waals surface area contributed by atoms with Crippen LogP contribution in [0.25, 0.3) is 0 Å². The molecular formula is C17H21N5O4S3. The van der Waals surface area contributed by atoms with E-state index in [1.165, 1.54) is 39.5 Å². The maximum absolute atomic E-state index is 12.6. The van der Waals surface area contributed by atoms with Crippen molar-refractivity contribution in [2.75, 3.05) is 42.7 Å². The first-order valence-corrected chi connectivity index (χ1v) is 12.5. The van der Waals surface area contributed by atoms with E-state index in [-0.39, 0.29) is 16.6 Å². The first-order chi connectivity index (χ1) is 14.0. The summed E-state index contributed by atoms with van der Waals surface area (Å²) in [6, 6.07) is 6.72. The van der Waals surface area contributed by atoms with E-state index in [0.717, 1.165) is 22.3 Å². The molecule has 4 rings (SSSR count). The molecule has 1 saturated carbocycles.